The molecule has 2 aliphatic heterocycles. The standard InChI is InChI=1S/C31H36N10O2S/c32-13-21-23-22(44-26(21)34)4-1-5-31(23)16-41(17-31)28-24-27(40(19-36-24)14-20-3-2-8-35-25(20)33)37-29(38-28)43-18-30(6-7-30)15-39-9-11-42-12-10-39/h2-3,8,19H,1,4-7,9-12,14-18,34H2,(H2,33,35). The molecule has 0 unspecified atom stereocenters. The average molecular weight is 613 g/mol. The Bertz CT molecular complexity index is 1760. The quantitative estimate of drug-likeness (QED) is 0.301. The van der Waals surface area contributed by atoms with Gasteiger partial charge >= 0.3 is 6.01 Å². The topological polar surface area (TPSA) is 157 Å². The van der Waals surface area contributed by atoms with E-state index in [4.69, 9.17) is 35.9 Å². The molecule has 0 bridgehead atoms. The smallest absolute Gasteiger partial charge is 0.320 e. The number of aromatic nitrogens is 5. The SMILES string of the molecule is N#Cc1c(N)sc2c1C1(CCC2)CN(c2nc(OCC3(CN4CCOCC4)CC3)nc3c2ncn3Cc2cccnc2N)C1. The molecular formula is C31H36N10O2S. The summed E-state index contributed by atoms with van der Waals surface area (Å²) in [5.74, 6) is 1.25. The molecule has 8 rings (SSSR count). The van der Waals surface area contributed by atoms with Crippen LogP contribution in [0.1, 0.15) is 47.3 Å². The van der Waals surface area contributed by atoms with Crippen LogP contribution in [0.2, 0.25) is 0 Å². The van der Waals surface area contributed by atoms with E-state index in [1.54, 1.807) is 23.9 Å². The van der Waals surface area contributed by atoms with E-state index in [1.165, 1.54) is 4.88 Å². The number of fused-ring (bicyclic) bond motifs is 3. The first-order chi connectivity index (χ1) is 21.5. The van der Waals surface area contributed by atoms with Gasteiger partial charge in [0.05, 0.1) is 38.3 Å². The average Bonchev–Trinajstić information content (AvgIpc) is 3.52. The Hall–Kier alpha value is -3.99. The molecule has 4 aromatic heterocycles. The molecule has 4 aromatic rings. The highest BCUT2D eigenvalue weighted by Gasteiger charge is 2.51. The van der Waals surface area contributed by atoms with Crippen molar-refractivity contribution >= 4 is 39.1 Å². The lowest BCUT2D eigenvalue weighted by Crippen LogP contribution is -2.61. The fourth-order valence-corrected chi connectivity index (χ4v) is 8.45. The highest BCUT2D eigenvalue weighted by molar-refractivity contribution is 7.16. The van der Waals surface area contributed by atoms with Crippen molar-refractivity contribution in [1.29, 1.82) is 5.26 Å². The molecule has 1 spiro atoms. The van der Waals surface area contributed by atoms with E-state index in [0.29, 0.717) is 41.2 Å². The van der Waals surface area contributed by atoms with E-state index in [2.05, 4.69) is 20.9 Å². The van der Waals surface area contributed by atoms with Gasteiger partial charge in [0.15, 0.2) is 17.0 Å². The summed E-state index contributed by atoms with van der Waals surface area (Å²) in [5.41, 5.74) is 16.7. The third-order valence-electron chi connectivity index (χ3n) is 9.82. The first-order valence-corrected chi connectivity index (χ1v) is 16.2. The van der Waals surface area contributed by atoms with Gasteiger partial charge in [0.2, 0.25) is 0 Å². The Morgan fingerprint density at radius 2 is 1.95 bits per heavy atom. The Labute approximate surface area is 259 Å². The number of hydrogen-bond donors (Lipinski definition) is 2. The third-order valence-corrected chi connectivity index (χ3v) is 10.9. The van der Waals surface area contributed by atoms with Gasteiger partial charge < -0.3 is 30.4 Å². The van der Waals surface area contributed by atoms with Crippen LogP contribution >= 0.6 is 11.3 Å². The van der Waals surface area contributed by atoms with E-state index < -0.39 is 0 Å². The monoisotopic (exact) mass is 612 g/mol. The van der Waals surface area contributed by atoms with Gasteiger partial charge in [0.1, 0.15) is 16.9 Å². The Balaban J connectivity index is 1.11. The molecular weight excluding hydrogens is 576 g/mol. The maximum atomic E-state index is 9.94. The van der Waals surface area contributed by atoms with E-state index in [1.807, 2.05) is 16.7 Å². The van der Waals surface area contributed by atoms with Gasteiger partial charge in [0, 0.05) is 60.2 Å². The molecule has 228 valence electrons. The lowest BCUT2D eigenvalue weighted by Gasteiger charge is -2.53. The van der Waals surface area contributed by atoms with Gasteiger partial charge in [0.25, 0.3) is 0 Å². The summed E-state index contributed by atoms with van der Waals surface area (Å²) in [7, 11) is 0. The van der Waals surface area contributed by atoms with Crippen molar-refractivity contribution in [2.24, 2.45) is 5.41 Å². The molecule has 13 heteroatoms. The molecule has 4 N–H and O–H groups in total. The lowest BCUT2D eigenvalue weighted by molar-refractivity contribution is 0.0231. The maximum absolute atomic E-state index is 9.94. The van der Waals surface area contributed by atoms with Crippen LogP contribution in [0.5, 0.6) is 6.01 Å². The number of rotatable bonds is 8. The van der Waals surface area contributed by atoms with Gasteiger partial charge in [-0.1, -0.05) is 6.07 Å². The fourth-order valence-electron chi connectivity index (χ4n) is 7.26. The van der Waals surface area contributed by atoms with Gasteiger partial charge in [-0.2, -0.15) is 15.2 Å². The summed E-state index contributed by atoms with van der Waals surface area (Å²) in [6, 6.07) is 6.61. The van der Waals surface area contributed by atoms with E-state index in [-0.39, 0.29) is 10.8 Å². The zero-order valence-electron chi connectivity index (χ0n) is 24.7. The number of aryl methyl sites for hydroxylation is 1. The number of imidazole rings is 1. The summed E-state index contributed by atoms with van der Waals surface area (Å²) in [5, 5.41) is 10.6. The molecule has 0 aromatic carbocycles. The van der Waals surface area contributed by atoms with Gasteiger partial charge in [-0.3, -0.25) is 4.90 Å². The number of nitrogen functional groups attached to an aromatic ring is 2. The Morgan fingerprint density at radius 3 is 2.73 bits per heavy atom. The molecule has 4 aliphatic rings. The molecule has 6 heterocycles. The number of pyridine rings is 1. The van der Waals surface area contributed by atoms with Crippen molar-refractivity contribution in [1.82, 2.24) is 29.4 Å². The van der Waals surface area contributed by atoms with Gasteiger partial charge in [-0.15, -0.1) is 11.3 Å². The molecule has 2 aliphatic carbocycles. The summed E-state index contributed by atoms with van der Waals surface area (Å²) >= 11 is 1.58. The minimum atomic E-state index is -0.103. The zero-order valence-corrected chi connectivity index (χ0v) is 25.5. The Morgan fingerprint density at radius 1 is 1.11 bits per heavy atom. The number of morpholine rings is 1. The van der Waals surface area contributed by atoms with E-state index in [9.17, 15) is 5.26 Å². The fraction of sp³-hybridized carbons (Fsp3) is 0.516. The van der Waals surface area contributed by atoms with Crippen LogP contribution in [0, 0.1) is 16.7 Å². The largest absolute Gasteiger partial charge is 0.463 e. The summed E-state index contributed by atoms with van der Waals surface area (Å²) in [4.78, 5) is 24.9. The van der Waals surface area contributed by atoms with Crippen molar-refractivity contribution in [3.63, 3.8) is 0 Å². The molecule has 2 saturated heterocycles. The summed E-state index contributed by atoms with van der Waals surface area (Å²) in [6.07, 6.45) is 8.86. The maximum Gasteiger partial charge on any atom is 0.320 e. The first kappa shape index (κ1) is 27.6. The van der Waals surface area contributed by atoms with E-state index in [0.717, 1.165) is 101 Å². The van der Waals surface area contributed by atoms with Crippen molar-refractivity contribution in [2.75, 3.05) is 68.9 Å². The normalized spacial score (nSPS) is 20.3. The summed E-state index contributed by atoms with van der Waals surface area (Å²) in [6.45, 7) is 7.08. The Kier molecular flexibility index (Phi) is 6.62. The van der Waals surface area contributed by atoms with Crippen LogP contribution in [0.4, 0.5) is 16.6 Å². The second-order valence-corrected chi connectivity index (χ2v) is 14.0. The van der Waals surface area contributed by atoms with Crippen LogP contribution in [0.25, 0.3) is 11.2 Å². The van der Waals surface area contributed by atoms with Crippen LogP contribution < -0.4 is 21.1 Å². The van der Waals surface area contributed by atoms with Crippen LogP contribution in [-0.4, -0.2) is 81.9 Å². The van der Waals surface area contributed by atoms with Gasteiger partial charge in [-0.05, 0) is 43.7 Å². The van der Waals surface area contributed by atoms with Crippen LogP contribution in [0.3, 0.4) is 0 Å². The van der Waals surface area contributed by atoms with E-state index >= 15 is 0 Å². The van der Waals surface area contributed by atoms with Crippen LogP contribution in [0.15, 0.2) is 24.7 Å². The highest BCUT2D eigenvalue weighted by Crippen LogP contribution is 2.51. The first-order valence-electron chi connectivity index (χ1n) is 15.4. The molecule has 0 radical (unpaired) electrons. The number of anilines is 3. The number of thiophene rings is 1. The predicted octanol–water partition coefficient (Wildman–Crippen LogP) is 2.95. The van der Waals surface area contributed by atoms with Crippen molar-refractivity contribution < 1.29 is 9.47 Å². The van der Waals surface area contributed by atoms with Gasteiger partial charge in [-0.25, -0.2) is 9.97 Å². The van der Waals surface area contributed by atoms with Crippen molar-refractivity contribution in [3.8, 4) is 12.1 Å². The highest BCUT2D eigenvalue weighted by atomic mass is 32.1. The molecule has 12 nitrogen and oxygen atoms in total. The second kappa shape index (κ2) is 10.6. The number of nitrogens with two attached hydrogens (primary N) is 2. The molecule has 1 saturated carbocycles. The number of nitriles is 1. The predicted molar refractivity (Wildman–Crippen MR) is 168 cm³/mol. The third kappa shape index (κ3) is 4.72. The number of ether oxygens (including phenoxy) is 2. The second-order valence-electron chi connectivity index (χ2n) is 12.8. The molecule has 0 amide bonds. The molecule has 3 fully saturated rings. The van der Waals surface area contributed by atoms with Crippen molar-refractivity contribution in [3.05, 3.63) is 46.2 Å². The number of hydrogen-bond acceptors (Lipinski definition) is 12. The lowest BCUT2D eigenvalue weighted by atomic mass is 9.66. The minimum Gasteiger partial charge on any atom is -0.463 e. The van der Waals surface area contributed by atoms with Crippen molar-refractivity contribution in [2.45, 2.75) is 44.1 Å². The zero-order chi connectivity index (χ0) is 29.9. The molecule has 44 heavy (non-hydrogen) atoms. The molecule has 0 atom stereocenters. The minimum absolute atomic E-state index is 0.103. The summed E-state index contributed by atoms with van der Waals surface area (Å²) < 4.78 is 14.0. The number of nitrogens with zero attached hydrogens (tertiary/aromatic N) is 8. The van der Waals surface area contributed by atoms with Crippen LogP contribution in [-0.2, 0) is 23.1 Å².